The van der Waals surface area contributed by atoms with Gasteiger partial charge in [-0.1, -0.05) is 112 Å². The Morgan fingerprint density at radius 2 is 0.932 bits per heavy atom. The van der Waals surface area contributed by atoms with Crippen LogP contribution in [0.25, 0.3) is 0 Å². The standard InChI is InChI=1S/C31H42NO6P.C23H44N3O8PS.C23H42NO10P.C14H29O7P/c1-25(2)37-39(33,38-30(3,4)5)36-24-23-35-22-21-32-31(26-13-9-7-10-14-26,27-15-11-8-12-16-27)28-17-19-29(34-6)20-18-28;1-6-31-14-15-33-35(29,34-23(2,3)4)32-13-11-17(30-5)10-12-24-20(27)9-7-8-19-21-18(16-36-19)25-22(28)26-21;1-23(2,3)34-35(28,32-19-18-30-17-16-29-4)31-15-11-9-7-5-6-8-10-12-22(27)33-24-20(25)13-14-21(24)26;1-6-9-18-11-12-20-22(16,21-14(2,3)4)19-10-7-8-13(15)17-5/h7-20,25,32H,21-24H2,1-6H3;17-19,21H,6-16H2,1-5H3,(H,24,27)(H2,25,26,28);5-19H2,1-4H3;6-12H2,1-5H3. The zero-order valence-electron chi connectivity index (χ0n) is 81.9. The number of phosphoric ester groups is 4. The van der Waals surface area contributed by atoms with Crippen LogP contribution in [-0.2, 0) is 140 Å². The lowest BCUT2D eigenvalue weighted by Gasteiger charge is -2.37. The van der Waals surface area contributed by atoms with E-state index >= 15 is 0 Å². The van der Waals surface area contributed by atoms with E-state index in [-0.39, 0.29) is 127 Å². The summed E-state index contributed by atoms with van der Waals surface area (Å²) in [5.41, 5.74) is -0.0563. The third-order valence-electron chi connectivity index (χ3n) is 18.5. The van der Waals surface area contributed by atoms with Crippen molar-refractivity contribution in [3.8, 4) is 5.75 Å². The fourth-order valence-corrected chi connectivity index (χ4v) is 20.5. The molecule has 5 amide bonds. The van der Waals surface area contributed by atoms with Gasteiger partial charge in [0.25, 0.3) is 11.8 Å². The number of carbonyl (C=O) groups excluding carboxylic acids is 6. The van der Waals surface area contributed by atoms with E-state index < -0.39 is 77.0 Å². The van der Waals surface area contributed by atoms with E-state index in [1.807, 2.05) is 94.9 Å². The normalized spacial score (nSPS) is 17.3. The number of ether oxygens (including phenoxy) is 8. The Bertz CT molecular complexity index is 3840. The van der Waals surface area contributed by atoms with Gasteiger partial charge in [-0.25, -0.2) is 27.8 Å². The van der Waals surface area contributed by atoms with Crippen molar-refractivity contribution >= 4 is 78.7 Å². The minimum absolute atomic E-state index is 0.00000830. The van der Waals surface area contributed by atoms with Crippen LogP contribution in [0.5, 0.6) is 5.75 Å². The Hall–Kier alpha value is -5.21. The molecule has 0 spiro atoms. The molecule has 0 saturated carbocycles. The highest BCUT2D eigenvalue weighted by Crippen LogP contribution is 2.56. The Morgan fingerprint density at radius 1 is 0.477 bits per heavy atom. The van der Waals surface area contributed by atoms with Gasteiger partial charge in [0.05, 0.1) is 159 Å². The second kappa shape index (κ2) is 64.9. The molecule has 3 heterocycles. The third kappa shape index (κ3) is 53.7. The zero-order chi connectivity index (χ0) is 98.2. The van der Waals surface area contributed by atoms with Gasteiger partial charge in [0.2, 0.25) is 5.91 Å². The molecule has 6 rings (SSSR count). The first kappa shape index (κ1) is 121. The van der Waals surface area contributed by atoms with Gasteiger partial charge in [-0.15, -0.1) is 5.06 Å². The number of hydrogen-bond donors (Lipinski definition) is 4. The quantitative estimate of drug-likeness (QED) is 0.0102. The lowest BCUT2D eigenvalue weighted by atomic mass is 9.77. The number of methoxy groups -OCH3 is 4. The summed E-state index contributed by atoms with van der Waals surface area (Å²) < 4.78 is 159. The van der Waals surface area contributed by atoms with Gasteiger partial charge in [-0.05, 0) is 184 Å². The molecule has 0 radical (unpaired) electrons. The molecule has 3 aliphatic rings. The van der Waals surface area contributed by atoms with Crippen LogP contribution in [-0.4, -0.2) is 246 Å². The second-order valence-corrected chi connectivity index (χ2v) is 42.6. The number of imide groups is 1. The van der Waals surface area contributed by atoms with Crippen molar-refractivity contribution in [3.05, 3.63) is 102 Å². The zero-order valence-corrected chi connectivity index (χ0v) is 86.3. The smallest absolute Gasteiger partial charge is 0.475 e. The van der Waals surface area contributed by atoms with Crippen LogP contribution in [0.4, 0.5) is 4.79 Å². The maximum absolute atomic E-state index is 13.0. The number of fused-ring (bicyclic) bond motifs is 1. The maximum Gasteiger partial charge on any atom is 0.475 e. The molecular weight excluding hydrogens is 1810 g/mol. The molecule has 132 heavy (non-hydrogen) atoms. The van der Waals surface area contributed by atoms with Crippen molar-refractivity contribution < 1.29 is 144 Å². The number of nitrogens with zero attached hydrogens (tertiary/aromatic N) is 1. The van der Waals surface area contributed by atoms with Crippen LogP contribution >= 0.6 is 43.1 Å². The fraction of sp³-hybridized carbons (Fsp3) is 0.736. The van der Waals surface area contributed by atoms with Gasteiger partial charge < -0.3 is 58.7 Å². The van der Waals surface area contributed by atoms with Crippen LogP contribution < -0.4 is 26.0 Å². The monoisotopic (exact) mass is 1970 g/mol. The molecule has 0 bridgehead atoms. The van der Waals surface area contributed by atoms with Crippen molar-refractivity contribution in [3.63, 3.8) is 0 Å². The van der Waals surface area contributed by atoms with E-state index in [1.54, 1.807) is 97.5 Å². The summed E-state index contributed by atoms with van der Waals surface area (Å²) in [6.07, 6.45) is 10.5. The lowest BCUT2D eigenvalue weighted by Crippen LogP contribution is -2.46. The largest absolute Gasteiger partial charge is 0.497 e. The SMILES string of the molecule is CCCOCCOP(=O)(OCCCC(=O)OC)OC(C)(C)C.CCOCCOP(=O)(OCCC(CCNC(=O)CCCC1SCC2NC(=O)NC21)OC)OC(C)(C)C.COCCOCCOP(=O)(OCCCCCCCCCC(=O)ON1C(=O)CCC1=O)OC(C)(C)C.COc1ccc(C(NCCOCCOP(=O)(OC(C)C)OC(C)(C)C)(c2ccccc2)c2ccccc2)cc1. The highest BCUT2D eigenvalue weighted by molar-refractivity contribution is 8.00. The van der Waals surface area contributed by atoms with Gasteiger partial charge in [0.15, 0.2) is 0 Å². The Kier molecular flexibility index (Phi) is 59.4. The molecule has 0 aromatic heterocycles. The number of thioether (sulfide) groups is 1. The molecule has 3 fully saturated rings. The number of amides is 5. The highest BCUT2D eigenvalue weighted by atomic mass is 32.2. The van der Waals surface area contributed by atoms with E-state index in [0.29, 0.717) is 102 Å². The summed E-state index contributed by atoms with van der Waals surface area (Å²) in [7, 11) is -8.69. The average molecular weight is 1970 g/mol. The van der Waals surface area contributed by atoms with Gasteiger partial charge in [0, 0.05) is 83.6 Å². The van der Waals surface area contributed by atoms with Crippen molar-refractivity contribution in [2.75, 3.05) is 153 Å². The van der Waals surface area contributed by atoms with E-state index in [1.165, 1.54) is 7.11 Å². The van der Waals surface area contributed by atoms with Crippen molar-refractivity contribution in [1.29, 1.82) is 0 Å². The molecule has 4 N–H and O–H groups in total. The predicted octanol–water partition coefficient (Wildman–Crippen LogP) is 17.8. The van der Waals surface area contributed by atoms with E-state index in [0.717, 1.165) is 86.0 Å². The molecule has 8 atom stereocenters. The number of phosphoric acid groups is 4. The van der Waals surface area contributed by atoms with E-state index in [2.05, 4.69) is 62.4 Å². The summed E-state index contributed by atoms with van der Waals surface area (Å²) in [5.74, 6) is -0.120. The second-order valence-electron chi connectivity index (χ2n) is 35.0. The first-order valence-electron chi connectivity index (χ1n) is 45.8. The minimum Gasteiger partial charge on any atom is -0.497 e. The lowest BCUT2D eigenvalue weighted by molar-refractivity contribution is -0.197. The summed E-state index contributed by atoms with van der Waals surface area (Å²) >= 11 is 1.85. The van der Waals surface area contributed by atoms with E-state index in [9.17, 15) is 47.0 Å². The first-order valence-corrected chi connectivity index (χ1v) is 52.7. The molecule has 8 unspecified atom stereocenters. The molecule has 3 aliphatic heterocycles. The predicted molar refractivity (Wildman–Crippen MR) is 504 cm³/mol. The van der Waals surface area contributed by atoms with Crippen LogP contribution in [0.2, 0.25) is 0 Å². The number of unbranched alkanes of at least 4 members (excludes halogenated alkanes) is 6. The molecule has 758 valence electrons. The number of hydrogen-bond acceptors (Lipinski definition) is 33. The number of rotatable bonds is 65. The number of nitrogens with one attached hydrogen (secondary N) is 4. The van der Waals surface area contributed by atoms with Gasteiger partial charge in [0.1, 0.15) is 5.75 Å². The number of hydroxylamine groups is 2. The number of carbonyl (C=O) groups is 6. The fourth-order valence-electron chi connectivity index (χ4n) is 12.8. The van der Waals surface area contributed by atoms with Crippen molar-refractivity contribution in [2.45, 2.75) is 284 Å². The summed E-state index contributed by atoms with van der Waals surface area (Å²) in [6.45, 7) is 34.3. The Labute approximate surface area is 789 Å². The average Bonchev–Trinajstić information content (AvgIpc) is 1.11. The topological polar surface area (TPSA) is 416 Å². The molecule has 41 heteroatoms. The minimum atomic E-state index is -3.76. The molecule has 36 nitrogen and oxygen atoms in total. The van der Waals surface area contributed by atoms with Crippen molar-refractivity contribution in [2.24, 2.45) is 0 Å². The molecule has 3 saturated heterocycles. The van der Waals surface area contributed by atoms with Crippen LogP contribution in [0.1, 0.15) is 243 Å². The number of esters is 1. The van der Waals surface area contributed by atoms with Gasteiger partial charge in [-0.2, -0.15) is 11.8 Å². The highest BCUT2D eigenvalue weighted by Gasteiger charge is 2.44. The van der Waals surface area contributed by atoms with Crippen molar-refractivity contribution in [1.82, 2.24) is 26.3 Å². The molecule has 0 aliphatic carbocycles. The Morgan fingerprint density at radius 3 is 1.42 bits per heavy atom. The van der Waals surface area contributed by atoms with E-state index in [4.69, 9.17) is 92.3 Å². The number of benzene rings is 3. The summed E-state index contributed by atoms with van der Waals surface area (Å²) in [5, 5.41) is 13.5. The molecule has 3 aromatic rings. The van der Waals surface area contributed by atoms with Gasteiger partial charge in [-0.3, -0.25) is 78.8 Å². The summed E-state index contributed by atoms with van der Waals surface area (Å²) in [6, 6.07) is 29.1. The maximum atomic E-state index is 13.0. The van der Waals surface area contributed by atoms with Crippen LogP contribution in [0.3, 0.4) is 0 Å². The first-order chi connectivity index (χ1) is 62.4. The van der Waals surface area contributed by atoms with Crippen LogP contribution in [0, 0.1) is 0 Å². The Balaban J connectivity index is 0.000000462. The summed E-state index contributed by atoms with van der Waals surface area (Å²) in [4.78, 5) is 74.2. The van der Waals surface area contributed by atoms with Crippen LogP contribution in [0.15, 0.2) is 84.9 Å². The molecular formula is C91H157N5O31P4S. The number of urea groups is 1. The third-order valence-corrected chi connectivity index (χ3v) is 27.2. The van der Waals surface area contributed by atoms with Gasteiger partial charge >= 0.3 is 49.3 Å². The molecule has 3 aromatic carbocycles.